The third-order valence-electron chi connectivity index (χ3n) is 3.70. The Kier molecular flexibility index (Phi) is 5.01. The highest BCUT2D eigenvalue weighted by Crippen LogP contribution is 2.17. The first kappa shape index (κ1) is 14.9. The summed E-state index contributed by atoms with van der Waals surface area (Å²) in [6, 6.07) is 6.37. The topological polar surface area (TPSA) is 60.7 Å². The number of H-pyrrole nitrogens is 2. The van der Waals surface area contributed by atoms with Crippen molar-refractivity contribution in [3.63, 3.8) is 0 Å². The van der Waals surface area contributed by atoms with Crippen molar-refractivity contribution in [1.29, 1.82) is 0 Å². The Bertz CT molecular complexity index is 597. The van der Waals surface area contributed by atoms with Crippen LogP contribution in [0.5, 0.6) is 0 Å². The number of hydrogen-bond acceptors (Lipinski definition) is 2. The van der Waals surface area contributed by atoms with Crippen molar-refractivity contribution in [3.05, 3.63) is 34.2 Å². The van der Waals surface area contributed by atoms with Gasteiger partial charge in [0.2, 0.25) is 0 Å². The van der Waals surface area contributed by atoms with Crippen LogP contribution in [0.4, 0.5) is 0 Å². The standard InChI is InChI=1S/C16H25N3O/c1-11(2)6-4-5-9-17-12(3)13-7-8-14-15(10-13)19-16(20)18-14/h7-8,10-12,17H,4-6,9H2,1-3H3,(H2,18,19,20). The van der Waals surface area contributed by atoms with Crippen LogP contribution >= 0.6 is 0 Å². The molecule has 0 saturated carbocycles. The van der Waals surface area contributed by atoms with Gasteiger partial charge >= 0.3 is 5.69 Å². The van der Waals surface area contributed by atoms with Crippen molar-refractivity contribution in [3.8, 4) is 0 Å². The maximum Gasteiger partial charge on any atom is 0.323 e. The molecule has 110 valence electrons. The summed E-state index contributed by atoms with van der Waals surface area (Å²) >= 11 is 0. The van der Waals surface area contributed by atoms with Gasteiger partial charge in [-0.2, -0.15) is 0 Å². The van der Waals surface area contributed by atoms with E-state index in [4.69, 9.17) is 0 Å². The van der Waals surface area contributed by atoms with Crippen LogP contribution in [0.3, 0.4) is 0 Å². The van der Waals surface area contributed by atoms with Gasteiger partial charge < -0.3 is 15.3 Å². The summed E-state index contributed by atoms with van der Waals surface area (Å²) in [7, 11) is 0. The molecule has 2 rings (SSSR count). The lowest BCUT2D eigenvalue weighted by atomic mass is 10.1. The maximum absolute atomic E-state index is 11.2. The molecule has 0 bridgehead atoms. The van der Waals surface area contributed by atoms with Gasteiger partial charge in [-0.1, -0.05) is 32.8 Å². The second-order valence-corrected chi connectivity index (χ2v) is 5.95. The molecular weight excluding hydrogens is 250 g/mol. The summed E-state index contributed by atoms with van der Waals surface area (Å²) in [6.45, 7) is 7.73. The first-order valence-corrected chi connectivity index (χ1v) is 7.51. The molecule has 0 fully saturated rings. The monoisotopic (exact) mass is 275 g/mol. The minimum absolute atomic E-state index is 0.147. The number of unbranched alkanes of at least 4 members (excludes halogenated alkanes) is 1. The van der Waals surface area contributed by atoms with Gasteiger partial charge in [-0.05, 0) is 43.5 Å². The predicted molar refractivity (Wildman–Crippen MR) is 84.0 cm³/mol. The zero-order valence-electron chi connectivity index (χ0n) is 12.6. The van der Waals surface area contributed by atoms with Gasteiger partial charge in [0.15, 0.2) is 0 Å². The lowest BCUT2D eigenvalue weighted by Crippen LogP contribution is -2.19. The molecule has 20 heavy (non-hydrogen) atoms. The van der Waals surface area contributed by atoms with Crippen LogP contribution in [0.25, 0.3) is 11.0 Å². The number of imidazole rings is 1. The molecule has 1 unspecified atom stereocenters. The highest BCUT2D eigenvalue weighted by molar-refractivity contribution is 5.75. The Morgan fingerprint density at radius 1 is 1.10 bits per heavy atom. The Balaban J connectivity index is 1.87. The molecule has 0 radical (unpaired) electrons. The van der Waals surface area contributed by atoms with E-state index in [0.717, 1.165) is 23.5 Å². The molecule has 4 heteroatoms. The number of rotatable bonds is 7. The van der Waals surface area contributed by atoms with Crippen LogP contribution in [0.2, 0.25) is 0 Å². The Morgan fingerprint density at radius 2 is 1.85 bits per heavy atom. The second kappa shape index (κ2) is 6.75. The number of nitrogens with one attached hydrogen (secondary N) is 3. The van der Waals surface area contributed by atoms with Crippen LogP contribution in [0, 0.1) is 5.92 Å². The van der Waals surface area contributed by atoms with Gasteiger partial charge in [0, 0.05) is 6.04 Å². The summed E-state index contributed by atoms with van der Waals surface area (Å²) in [5.74, 6) is 0.792. The number of benzene rings is 1. The number of aromatic amines is 2. The summed E-state index contributed by atoms with van der Waals surface area (Å²) in [5.41, 5.74) is 2.80. The summed E-state index contributed by atoms with van der Waals surface area (Å²) in [4.78, 5) is 16.8. The lowest BCUT2D eigenvalue weighted by Gasteiger charge is -2.14. The van der Waals surface area contributed by atoms with E-state index >= 15 is 0 Å². The third-order valence-corrected chi connectivity index (χ3v) is 3.70. The van der Waals surface area contributed by atoms with Crippen molar-refractivity contribution in [2.75, 3.05) is 6.54 Å². The van der Waals surface area contributed by atoms with Crippen LogP contribution in [-0.2, 0) is 0 Å². The smallest absolute Gasteiger partial charge is 0.310 e. The second-order valence-electron chi connectivity index (χ2n) is 5.95. The van der Waals surface area contributed by atoms with Crippen LogP contribution < -0.4 is 11.0 Å². The van der Waals surface area contributed by atoms with Gasteiger partial charge in [0.1, 0.15) is 0 Å². The third kappa shape index (κ3) is 3.97. The quantitative estimate of drug-likeness (QED) is 0.679. The molecule has 1 heterocycles. The van der Waals surface area contributed by atoms with Crippen LogP contribution in [0.1, 0.15) is 51.6 Å². The Morgan fingerprint density at radius 3 is 2.60 bits per heavy atom. The number of fused-ring (bicyclic) bond motifs is 1. The Labute approximate surface area is 120 Å². The van der Waals surface area contributed by atoms with Crippen molar-refractivity contribution in [1.82, 2.24) is 15.3 Å². The summed E-state index contributed by atoms with van der Waals surface area (Å²) < 4.78 is 0. The van der Waals surface area contributed by atoms with Crippen LogP contribution in [-0.4, -0.2) is 16.5 Å². The first-order valence-electron chi connectivity index (χ1n) is 7.51. The fraction of sp³-hybridized carbons (Fsp3) is 0.562. The fourth-order valence-corrected chi connectivity index (χ4v) is 2.43. The van der Waals surface area contributed by atoms with E-state index < -0.39 is 0 Å². The highest BCUT2D eigenvalue weighted by atomic mass is 16.1. The average Bonchev–Trinajstić information content (AvgIpc) is 2.76. The SMILES string of the molecule is CC(C)CCCCNC(C)c1ccc2[nH]c(=O)[nH]c2c1. The molecular formula is C16H25N3O. The minimum atomic E-state index is -0.147. The average molecular weight is 275 g/mol. The molecule has 4 nitrogen and oxygen atoms in total. The summed E-state index contributed by atoms with van der Waals surface area (Å²) in [5, 5.41) is 3.54. The van der Waals surface area contributed by atoms with Gasteiger partial charge in [-0.15, -0.1) is 0 Å². The van der Waals surface area contributed by atoms with Gasteiger partial charge in [0.05, 0.1) is 11.0 Å². The first-order chi connectivity index (χ1) is 9.56. The van der Waals surface area contributed by atoms with E-state index in [1.165, 1.54) is 24.8 Å². The summed E-state index contributed by atoms with van der Waals surface area (Å²) in [6.07, 6.45) is 3.79. The normalized spacial score (nSPS) is 13.2. The molecule has 1 atom stereocenters. The predicted octanol–water partition coefficient (Wildman–Crippen LogP) is 3.33. The van der Waals surface area contributed by atoms with Crippen molar-refractivity contribution >= 4 is 11.0 Å². The van der Waals surface area contributed by atoms with Gasteiger partial charge in [-0.25, -0.2) is 4.79 Å². The molecule has 0 spiro atoms. The van der Waals surface area contributed by atoms with Crippen molar-refractivity contribution < 1.29 is 0 Å². The van der Waals surface area contributed by atoms with E-state index in [2.05, 4.69) is 42.1 Å². The molecule has 0 amide bonds. The molecule has 0 saturated heterocycles. The molecule has 1 aromatic heterocycles. The van der Waals surface area contributed by atoms with E-state index in [0.29, 0.717) is 6.04 Å². The van der Waals surface area contributed by atoms with Gasteiger partial charge in [0.25, 0.3) is 0 Å². The van der Waals surface area contributed by atoms with Gasteiger partial charge in [-0.3, -0.25) is 0 Å². The fourth-order valence-electron chi connectivity index (χ4n) is 2.43. The maximum atomic E-state index is 11.2. The zero-order chi connectivity index (χ0) is 14.5. The van der Waals surface area contributed by atoms with Crippen molar-refractivity contribution in [2.24, 2.45) is 5.92 Å². The van der Waals surface area contributed by atoms with E-state index in [1.807, 2.05) is 12.1 Å². The van der Waals surface area contributed by atoms with Crippen LogP contribution in [0.15, 0.2) is 23.0 Å². The Hall–Kier alpha value is -1.55. The van der Waals surface area contributed by atoms with E-state index in [-0.39, 0.29) is 5.69 Å². The highest BCUT2D eigenvalue weighted by Gasteiger charge is 2.06. The largest absolute Gasteiger partial charge is 0.323 e. The molecule has 1 aromatic carbocycles. The van der Waals surface area contributed by atoms with E-state index in [1.54, 1.807) is 0 Å². The number of hydrogen-bond donors (Lipinski definition) is 3. The van der Waals surface area contributed by atoms with E-state index in [9.17, 15) is 4.79 Å². The lowest BCUT2D eigenvalue weighted by molar-refractivity contribution is 0.498. The zero-order valence-corrected chi connectivity index (χ0v) is 12.6. The molecule has 0 aliphatic heterocycles. The number of aromatic nitrogens is 2. The molecule has 3 N–H and O–H groups in total. The molecule has 0 aliphatic rings. The molecule has 0 aliphatic carbocycles. The minimum Gasteiger partial charge on any atom is -0.310 e. The van der Waals surface area contributed by atoms with Crippen molar-refractivity contribution in [2.45, 2.75) is 46.1 Å². The molecule has 2 aromatic rings.